The van der Waals surface area contributed by atoms with Crippen LogP contribution in [0.25, 0.3) is 11.0 Å². The third kappa shape index (κ3) is 3.83. The fourth-order valence-electron chi connectivity index (χ4n) is 2.32. The lowest BCUT2D eigenvalue weighted by atomic mass is 10.1. The van der Waals surface area contributed by atoms with Crippen molar-refractivity contribution in [2.24, 2.45) is 5.92 Å². The molecule has 0 aliphatic heterocycles. The molecule has 1 atom stereocenters. The highest BCUT2D eigenvalue weighted by Crippen LogP contribution is 2.25. The van der Waals surface area contributed by atoms with Crippen LogP contribution in [0.15, 0.2) is 28.7 Å². The van der Waals surface area contributed by atoms with Crippen molar-refractivity contribution >= 4 is 16.9 Å². The predicted octanol–water partition coefficient (Wildman–Crippen LogP) is 2.63. The van der Waals surface area contributed by atoms with E-state index in [0.717, 1.165) is 19.4 Å². The molecule has 0 bridgehead atoms. The van der Waals surface area contributed by atoms with Gasteiger partial charge in [0.15, 0.2) is 0 Å². The van der Waals surface area contributed by atoms with Crippen LogP contribution in [0.4, 0.5) is 0 Å². The highest BCUT2D eigenvalue weighted by Gasteiger charge is 2.19. The Bertz CT molecular complexity index is 605. The molecule has 1 unspecified atom stereocenters. The number of aromatic carboxylic acids is 1. The molecule has 0 aliphatic rings. The summed E-state index contributed by atoms with van der Waals surface area (Å²) >= 11 is 0. The highest BCUT2D eigenvalue weighted by molar-refractivity contribution is 6.03. The van der Waals surface area contributed by atoms with Gasteiger partial charge in [0.05, 0.1) is 6.54 Å². The van der Waals surface area contributed by atoms with Crippen LogP contribution in [0.3, 0.4) is 0 Å². The minimum atomic E-state index is -0.967. The first kappa shape index (κ1) is 15.5. The summed E-state index contributed by atoms with van der Waals surface area (Å²) in [5.41, 5.74) is 0.836. The second-order valence-corrected chi connectivity index (χ2v) is 5.31. The first-order chi connectivity index (χ1) is 10.1. The molecule has 3 N–H and O–H groups in total. The highest BCUT2D eigenvalue weighted by atomic mass is 16.4. The van der Waals surface area contributed by atoms with Gasteiger partial charge in [0, 0.05) is 12.0 Å². The van der Waals surface area contributed by atoms with E-state index in [9.17, 15) is 9.90 Å². The standard InChI is InChI=1S/C16H21NO4/c1-11(10-18)5-4-8-17-9-14-15(16(19)20)12-6-2-3-7-13(12)21-14/h2-3,6-7,11,17-18H,4-5,8-10H2,1H3,(H,19,20). The third-order valence-electron chi connectivity index (χ3n) is 3.53. The SMILES string of the molecule is CC(CO)CCCNCc1oc2ccccc2c1C(=O)O. The summed E-state index contributed by atoms with van der Waals surface area (Å²) in [4.78, 5) is 11.4. The molecule has 0 saturated carbocycles. The third-order valence-corrected chi connectivity index (χ3v) is 3.53. The molecule has 5 nitrogen and oxygen atoms in total. The number of nitrogens with one attached hydrogen (secondary N) is 1. The molecular formula is C16H21NO4. The van der Waals surface area contributed by atoms with Crippen molar-refractivity contribution in [1.29, 1.82) is 0 Å². The minimum Gasteiger partial charge on any atom is -0.478 e. The molecule has 2 rings (SSSR count). The number of hydrogen-bond donors (Lipinski definition) is 3. The van der Waals surface area contributed by atoms with Crippen molar-refractivity contribution in [3.63, 3.8) is 0 Å². The topological polar surface area (TPSA) is 82.7 Å². The Morgan fingerprint density at radius 1 is 1.38 bits per heavy atom. The van der Waals surface area contributed by atoms with Gasteiger partial charge in [-0.05, 0) is 31.4 Å². The second-order valence-electron chi connectivity index (χ2n) is 5.31. The molecule has 0 saturated heterocycles. The molecule has 114 valence electrons. The lowest BCUT2D eigenvalue weighted by Crippen LogP contribution is -2.17. The summed E-state index contributed by atoms with van der Waals surface area (Å²) in [5.74, 6) is -0.211. The van der Waals surface area contributed by atoms with E-state index in [-0.39, 0.29) is 12.2 Å². The van der Waals surface area contributed by atoms with E-state index in [1.165, 1.54) is 0 Å². The summed E-state index contributed by atoms with van der Waals surface area (Å²) in [6, 6.07) is 7.16. The number of carbonyl (C=O) groups is 1. The van der Waals surface area contributed by atoms with E-state index < -0.39 is 5.97 Å². The van der Waals surface area contributed by atoms with Crippen molar-refractivity contribution in [1.82, 2.24) is 5.32 Å². The quantitative estimate of drug-likeness (QED) is 0.651. The number of rotatable bonds is 8. The Balaban J connectivity index is 1.98. The summed E-state index contributed by atoms with van der Waals surface area (Å²) in [5, 5.41) is 22.1. The maximum Gasteiger partial charge on any atom is 0.339 e. The Kier molecular flexibility index (Phi) is 5.36. The molecular weight excluding hydrogens is 270 g/mol. The van der Waals surface area contributed by atoms with Crippen LogP contribution in [-0.2, 0) is 6.54 Å². The van der Waals surface area contributed by atoms with Gasteiger partial charge in [0.1, 0.15) is 16.9 Å². The molecule has 21 heavy (non-hydrogen) atoms. The zero-order valence-corrected chi connectivity index (χ0v) is 12.1. The fourth-order valence-corrected chi connectivity index (χ4v) is 2.32. The Labute approximate surface area is 123 Å². The molecule has 0 amide bonds. The van der Waals surface area contributed by atoms with Crippen molar-refractivity contribution in [2.75, 3.05) is 13.2 Å². The Hall–Kier alpha value is -1.85. The van der Waals surface area contributed by atoms with Crippen LogP contribution in [0.2, 0.25) is 0 Å². The first-order valence-electron chi connectivity index (χ1n) is 7.18. The first-order valence-corrected chi connectivity index (χ1v) is 7.18. The van der Waals surface area contributed by atoms with Crippen LogP contribution in [0.5, 0.6) is 0 Å². The largest absolute Gasteiger partial charge is 0.478 e. The molecule has 0 spiro atoms. The zero-order chi connectivity index (χ0) is 15.2. The van der Waals surface area contributed by atoms with Gasteiger partial charge in [-0.25, -0.2) is 4.79 Å². The molecule has 2 aromatic rings. The maximum atomic E-state index is 11.4. The van der Waals surface area contributed by atoms with Gasteiger partial charge < -0.3 is 19.9 Å². The fraction of sp³-hybridized carbons (Fsp3) is 0.438. The van der Waals surface area contributed by atoms with Crippen LogP contribution < -0.4 is 5.32 Å². The van der Waals surface area contributed by atoms with Gasteiger partial charge in [-0.15, -0.1) is 0 Å². The van der Waals surface area contributed by atoms with Crippen molar-refractivity contribution in [3.8, 4) is 0 Å². The van der Waals surface area contributed by atoms with E-state index in [2.05, 4.69) is 5.32 Å². The number of aliphatic hydroxyl groups excluding tert-OH is 1. The minimum absolute atomic E-state index is 0.201. The van der Waals surface area contributed by atoms with E-state index in [1.54, 1.807) is 18.2 Å². The van der Waals surface area contributed by atoms with Crippen LogP contribution in [0, 0.1) is 5.92 Å². The normalized spacial score (nSPS) is 12.7. The Morgan fingerprint density at radius 3 is 2.86 bits per heavy atom. The smallest absolute Gasteiger partial charge is 0.339 e. The molecule has 1 aromatic heterocycles. The molecule has 1 aromatic carbocycles. The number of furan rings is 1. The number of para-hydroxylation sites is 1. The summed E-state index contributed by atoms with van der Waals surface area (Å²) < 4.78 is 5.63. The molecule has 0 fully saturated rings. The number of aliphatic hydroxyl groups is 1. The molecule has 5 heteroatoms. The van der Waals surface area contributed by atoms with Gasteiger partial charge in [-0.2, -0.15) is 0 Å². The van der Waals surface area contributed by atoms with Crippen LogP contribution in [0.1, 0.15) is 35.9 Å². The van der Waals surface area contributed by atoms with E-state index in [4.69, 9.17) is 9.52 Å². The van der Waals surface area contributed by atoms with Gasteiger partial charge >= 0.3 is 5.97 Å². The number of benzene rings is 1. The average molecular weight is 291 g/mol. The van der Waals surface area contributed by atoms with E-state index >= 15 is 0 Å². The maximum absolute atomic E-state index is 11.4. The van der Waals surface area contributed by atoms with E-state index in [1.807, 2.05) is 13.0 Å². The number of hydrogen-bond acceptors (Lipinski definition) is 4. The van der Waals surface area contributed by atoms with Crippen LogP contribution >= 0.6 is 0 Å². The lowest BCUT2D eigenvalue weighted by Gasteiger charge is -2.07. The average Bonchev–Trinajstić information content (AvgIpc) is 2.84. The monoisotopic (exact) mass is 291 g/mol. The van der Waals surface area contributed by atoms with Gasteiger partial charge in [0.2, 0.25) is 0 Å². The molecule has 0 aliphatic carbocycles. The summed E-state index contributed by atoms with van der Waals surface area (Å²) in [7, 11) is 0. The molecule has 0 radical (unpaired) electrons. The van der Waals surface area contributed by atoms with Crippen molar-refractivity contribution in [3.05, 3.63) is 35.6 Å². The lowest BCUT2D eigenvalue weighted by molar-refractivity contribution is 0.0696. The predicted molar refractivity (Wildman–Crippen MR) is 80.4 cm³/mol. The number of fused-ring (bicyclic) bond motifs is 1. The van der Waals surface area contributed by atoms with Gasteiger partial charge in [0.25, 0.3) is 0 Å². The summed E-state index contributed by atoms with van der Waals surface area (Å²) in [6.07, 6.45) is 1.87. The van der Waals surface area contributed by atoms with Crippen molar-refractivity contribution < 1.29 is 19.4 Å². The van der Waals surface area contributed by atoms with Crippen LogP contribution in [-0.4, -0.2) is 29.3 Å². The van der Waals surface area contributed by atoms with E-state index in [0.29, 0.717) is 29.2 Å². The molecule has 1 heterocycles. The number of carboxylic acids is 1. The zero-order valence-electron chi connectivity index (χ0n) is 12.1. The second kappa shape index (κ2) is 7.24. The number of carboxylic acid groups (broad SMARTS) is 1. The van der Waals surface area contributed by atoms with Crippen molar-refractivity contribution in [2.45, 2.75) is 26.3 Å². The Morgan fingerprint density at radius 2 is 2.14 bits per heavy atom. The summed E-state index contributed by atoms with van der Waals surface area (Å²) in [6.45, 7) is 3.36. The van der Waals surface area contributed by atoms with Gasteiger partial charge in [-0.1, -0.05) is 25.1 Å². The van der Waals surface area contributed by atoms with Gasteiger partial charge in [-0.3, -0.25) is 0 Å².